The Morgan fingerprint density at radius 1 is 0.656 bits per heavy atom. The molecule has 0 N–H and O–H groups in total. The molecule has 1 aromatic rings. The van der Waals surface area contributed by atoms with Crippen LogP contribution in [-0.2, 0) is 0 Å². The average molecular weight is 439 g/mol. The molecule has 178 valence electrons. The predicted molar refractivity (Wildman–Crippen MR) is 135 cm³/mol. The van der Waals surface area contributed by atoms with Crippen LogP contribution in [0.3, 0.4) is 0 Å². The first-order valence-corrected chi connectivity index (χ1v) is 14.1. The van der Waals surface area contributed by atoms with Crippen LogP contribution in [0.2, 0.25) is 0 Å². The highest BCUT2D eigenvalue weighted by atomic mass is 19.1. The van der Waals surface area contributed by atoms with Gasteiger partial charge in [-0.1, -0.05) is 76.0 Å². The Kier molecular flexibility index (Phi) is 9.30. The molecule has 0 bridgehead atoms. The van der Waals surface area contributed by atoms with E-state index in [1.54, 1.807) is 12.1 Å². The lowest BCUT2D eigenvalue weighted by Crippen LogP contribution is -2.25. The van der Waals surface area contributed by atoms with Crippen LogP contribution in [0.15, 0.2) is 36.9 Å². The van der Waals surface area contributed by atoms with Gasteiger partial charge in [-0.25, -0.2) is 4.39 Å². The minimum atomic E-state index is -0.105. The third-order valence-electron chi connectivity index (χ3n) is 9.64. The first kappa shape index (κ1) is 24.0. The van der Waals surface area contributed by atoms with Crippen molar-refractivity contribution in [2.45, 2.75) is 115 Å². The summed E-state index contributed by atoms with van der Waals surface area (Å²) in [6, 6.07) is 7.30. The molecule has 0 nitrogen and oxygen atoms in total. The van der Waals surface area contributed by atoms with E-state index in [0.29, 0.717) is 5.92 Å². The molecule has 0 saturated heterocycles. The Bertz CT molecular complexity index is 652. The van der Waals surface area contributed by atoms with E-state index >= 15 is 0 Å². The molecule has 4 rings (SSSR count). The molecule has 3 fully saturated rings. The lowest BCUT2D eigenvalue weighted by Gasteiger charge is -2.38. The van der Waals surface area contributed by atoms with E-state index < -0.39 is 0 Å². The molecule has 0 aliphatic heterocycles. The maximum atomic E-state index is 13.2. The summed E-state index contributed by atoms with van der Waals surface area (Å²) in [7, 11) is 0. The van der Waals surface area contributed by atoms with Gasteiger partial charge in [-0.3, -0.25) is 0 Å². The predicted octanol–water partition coefficient (Wildman–Crippen LogP) is 9.85. The number of halogens is 1. The summed E-state index contributed by atoms with van der Waals surface area (Å²) in [4.78, 5) is 0. The van der Waals surface area contributed by atoms with Crippen molar-refractivity contribution in [3.05, 3.63) is 48.3 Å². The summed E-state index contributed by atoms with van der Waals surface area (Å²) in [5.41, 5.74) is 1.36. The number of hydrogen-bond donors (Lipinski definition) is 0. The van der Waals surface area contributed by atoms with Gasteiger partial charge in [0.25, 0.3) is 0 Å². The fourth-order valence-electron chi connectivity index (χ4n) is 7.44. The van der Waals surface area contributed by atoms with Crippen molar-refractivity contribution in [3.8, 4) is 0 Å². The third kappa shape index (κ3) is 6.94. The van der Waals surface area contributed by atoms with E-state index in [2.05, 4.69) is 12.7 Å². The van der Waals surface area contributed by atoms with Gasteiger partial charge in [0.05, 0.1) is 0 Å². The van der Waals surface area contributed by atoms with E-state index in [9.17, 15) is 4.39 Å². The van der Waals surface area contributed by atoms with Crippen LogP contribution in [0.4, 0.5) is 4.39 Å². The minimum Gasteiger partial charge on any atom is -0.207 e. The maximum absolute atomic E-state index is 13.2. The molecule has 3 aliphatic rings. The summed E-state index contributed by atoms with van der Waals surface area (Å²) >= 11 is 0. The van der Waals surface area contributed by atoms with E-state index in [1.165, 1.54) is 115 Å². The largest absolute Gasteiger partial charge is 0.207 e. The highest BCUT2D eigenvalue weighted by molar-refractivity contribution is 5.21. The average Bonchev–Trinajstić information content (AvgIpc) is 2.85. The van der Waals surface area contributed by atoms with Crippen molar-refractivity contribution >= 4 is 0 Å². The molecule has 0 aromatic heterocycles. The van der Waals surface area contributed by atoms with Crippen LogP contribution in [0.25, 0.3) is 0 Å². The molecule has 0 amide bonds. The zero-order chi connectivity index (χ0) is 22.2. The molecule has 0 unspecified atom stereocenters. The highest BCUT2D eigenvalue weighted by Crippen LogP contribution is 2.45. The van der Waals surface area contributed by atoms with Crippen molar-refractivity contribution in [3.63, 3.8) is 0 Å². The smallest absolute Gasteiger partial charge is 0.123 e. The van der Waals surface area contributed by atoms with Gasteiger partial charge in [-0.05, 0) is 105 Å². The lowest BCUT2D eigenvalue weighted by molar-refractivity contribution is 0.149. The van der Waals surface area contributed by atoms with Gasteiger partial charge in [-0.15, -0.1) is 6.58 Å². The van der Waals surface area contributed by atoms with E-state index in [-0.39, 0.29) is 5.82 Å². The van der Waals surface area contributed by atoms with Crippen LogP contribution in [0.1, 0.15) is 121 Å². The number of unbranched alkanes of at least 4 members (excludes halogenated alkanes) is 1. The second-order valence-electron chi connectivity index (χ2n) is 11.6. The summed E-state index contributed by atoms with van der Waals surface area (Å²) in [6.07, 6.45) is 26.5. The van der Waals surface area contributed by atoms with Crippen molar-refractivity contribution in [1.29, 1.82) is 0 Å². The molecule has 0 heterocycles. The van der Waals surface area contributed by atoms with Crippen LogP contribution in [-0.4, -0.2) is 0 Å². The zero-order valence-electron chi connectivity index (χ0n) is 20.5. The molecule has 32 heavy (non-hydrogen) atoms. The summed E-state index contributed by atoms with van der Waals surface area (Å²) in [6.45, 7) is 3.86. The Morgan fingerprint density at radius 2 is 1.12 bits per heavy atom. The number of rotatable bonds is 9. The van der Waals surface area contributed by atoms with Gasteiger partial charge < -0.3 is 0 Å². The molecule has 1 aromatic carbocycles. The summed E-state index contributed by atoms with van der Waals surface area (Å²) in [5.74, 6) is 5.58. The molecule has 0 atom stereocenters. The van der Waals surface area contributed by atoms with Crippen molar-refractivity contribution in [2.24, 2.45) is 29.6 Å². The monoisotopic (exact) mass is 438 g/mol. The van der Waals surface area contributed by atoms with Crippen LogP contribution < -0.4 is 0 Å². The van der Waals surface area contributed by atoms with Crippen LogP contribution in [0, 0.1) is 35.4 Å². The molecule has 0 spiro atoms. The van der Waals surface area contributed by atoms with Gasteiger partial charge in [0.15, 0.2) is 0 Å². The highest BCUT2D eigenvalue weighted by Gasteiger charge is 2.31. The summed E-state index contributed by atoms with van der Waals surface area (Å²) < 4.78 is 13.2. The molecular weight excluding hydrogens is 391 g/mol. The van der Waals surface area contributed by atoms with Crippen molar-refractivity contribution < 1.29 is 4.39 Å². The van der Waals surface area contributed by atoms with E-state index in [4.69, 9.17) is 0 Å². The van der Waals surface area contributed by atoms with E-state index in [1.807, 2.05) is 12.1 Å². The second kappa shape index (κ2) is 12.4. The third-order valence-corrected chi connectivity index (χ3v) is 9.64. The van der Waals surface area contributed by atoms with Gasteiger partial charge in [-0.2, -0.15) is 0 Å². The quantitative estimate of drug-likeness (QED) is 0.266. The standard InChI is InChI=1S/C31H47F/c1-2-3-4-5-24-6-8-25(9-7-24)10-11-26-12-14-27(15-13-26)28-16-18-29(19-17-28)30-20-22-31(32)23-21-30/h2,20-29H,1,3-19H2. The summed E-state index contributed by atoms with van der Waals surface area (Å²) in [5, 5.41) is 0. The fourth-order valence-corrected chi connectivity index (χ4v) is 7.44. The molecule has 3 aliphatic carbocycles. The normalized spacial score (nSPS) is 33.7. The van der Waals surface area contributed by atoms with Gasteiger partial charge in [0.1, 0.15) is 5.82 Å². The number of benzene rings is 1. The first-order valence-electron chi connectivity index (χ1n) is 14.1. The molecule has 3 saturated carbocycles. The molecule has 1 heteroatoms. The Labute approximate surface area is 197 Å². The number of allylic oxidation sites excluding steroid dienone is 1. The number of hydrogen-bond acceptors (Lipinski definition) is 0. The molecular formula is C31H47F. The lowest BCUT2D eigenvalue weighted by atomic mass is 9.67. The zero-order valence-corrected chi connectivity index (χ0v) is 20.5. The topological polar surface area (TPSA) is 0 Å². The Balaban J connectivity index is 1.09. The Hall–Kier alpha value is -1.11. The fraction of sp³-hybridized carbons (Fsp3) is 0.742. The van der Waals surface area contributed by atoms with Gasteiger partial charge >= 0.3 is 0 Å². The second-order valence-corrected chi connectivity index (χ2v) is 11.6. The van der Waals surface area contributed by atoms with Crippen molar-refractivity contribution in [1.82, 2.24) is 0 Å². The van der Waals surface area contributed by atoms with E-state index in [0.717, 1.165) is 29.6 Å². The first-order chi connectivity index (χ1) is 15.7. The van der Waals surface area contributed by atoms with Crippen LogP contribution >= 0.6 is 0 Å². The van der Waals surface area contributed by atoms with Crippen molar-refractivity contribution in [2.75, 3.05) is 0 Å². The van der Waals surface area contributed by atoms with Gasteiger partial charge in [0.2, 0.25) is 0 Å². The van der Waals surface area contributed by atoms with Gasteiger partial charge in [0, 0.05) is 0 Å². The minimum absolute atomic E-state index is 0.105. The maximum Gasteiger partial charge on any atom is 0.123 e. The molecule has 0 radical (unpaired) electrons. The van der Waals surface area contributed by atoms with Crippen LogP contribution in [0.5, 0.6) is 0 Å². The SMILES string of the molecule is C=CCCCC1CCC(CCC2CCC(C3CCC(c4ccc(F)cc4)CC3)CC2)CC1. The Morgan fingerprint density at radius 3 is 1.66 bits per heavy atom.